The van der Waals surface area contributed by atoms with Crippen LogP contribution in [0.3, 0.4) is 0 Å². The molecule has 8 nitrogen and oxygen atoms in total. The predicted octanol–water partition coefficient (Wildman–Crippen LogP) is 1.28. The van der Waals surface area contributed by atoms with Crippen molar-refractivity contribution < 1.29 is 14.6 Å². The van der Waals surface area contributed by atoms with Crippen LogP contribution in [0.4, 0.5) is 0 Å². The molecule has 3 heterocycles. The van der Waals surface area contributed by atoms with Crippen LogP contribution < -0.4 is 5.32 Å². The van der Waals surface area contributed by atoms with Crippen LogP contribution in [0.2, 0.25) is 0 Å². The van der Waals surface area contributed by atoms with Gasteiger partial charge in [-0.05, 0) is 37.3 Å². The number of carbonyl (C=O) groups is 1. The van der Waals surface area contributed by atoms with Crippen molar-refractivity contribution in [3.8, 4) is 0 Å². The number of hydrogen-bond acceptors (Lipinski definition) is 6. The summed E-state index contributed by atoms with van der Waals surface area (Å²) in [5.74, 6) is -0.0791. The van der Waals surface area contributed by atoms with Crippen LogP contribution in [0.5, 0.6) is 0 Å². The highest BCUT2D eigenvalue weighted by molar-refractivity contribution is 5.78. The molecule has 28 heavy (non-hydrogen) atoms. The molecule has 1 amide bonds. The molecule has 2 aromatic rings. The zero-order chi connectivity index (χ0) is 19.8. The highest BCUT2D eigenvalue weighted by Crippen LogP contribution is 2.22. The van der Waals surface area contributed by atoms with E-state index in [1.165, 1.54) is 0 Å². The Kier molecular flexibility index (Phi) is 7.50. The Morgan fingerprint density at radius 1 is 1.43 bits per heavy atom. The molecule has 1 fully saturated rings. The van der Waals surface area contributed by atoms with Crippen molar-refractivity contribution >= 4 is 5.91 Å². The van der Waals surface area contributed by atoms with E-state index in [9.17, 15) is 9.90 Å². The summed E-state index contributed by atoms with van der Waals surface area (Å²) in [6.07, 6.45) is 9.71. The third kappa shape index (κ3) is 5.84. The number of aliphatic hydroxyl groups excluding tert-OH is 1. The normalized spacial score (nSPS) is 22.1. The molecule has 0 saturated carbocycles. The maximum absolute atomic E-state index is 12.3. The van der Waals surface area contributed by atoms with Crippen molar-refractivity contribution in [1.29, 1.82) is 0 Å². The monoisotopic (exact) mass is 387 g/mol. The summed E-state index contributed by atoms with van der Waals surface area (Å²) in [6, 6.07) is 3.51. The van der Waals surface area contributed by atoms with Gasteiger partial charge in [0.15, 0.2) is 0 Å². The Labute approximate surface area is 165 Å². The van der Waals surface area contributed by atoms with Crippen LogP contribution in [0.15, 0.2) is 30.7 Å². The minimum Gasteiger partial charge on any atom is -0.394 e. The highest BCUT2D eigenvalue weighted by atomic mass is 16.5. The number of hydrogen-bond donors (Lipinski definition) is 2. The maximum Gasteiger partial charge on any atom is 0.224 e. The molecular formula is C20H29N5O3. The lowest BCUT2D eigenvalue weighted by Gasteiger charge is -2.36. The molecule has 2 aromatic heterocycles. The largest absolute Gasteiger partial charge is 0.394 e. The average Bonchev–Trinajstić information content (AvgIpc) is 3.15. The van der Waals surface area contributed by atoms with Crippen LogP contribution in [0.25, 0.3) is 0 Å². The summed E-state index contributed by atoms with van der Waals surface area (Å²) in [5, 5.41) is 21.0. The molecule has 0 radical (unpaired) electrons. The first kappa shape index (κ1) is 20.4. The molecule has 2 N–H and O–H groups in total. The molecule has 1 aliphatic heterocycles. The molecule has 0 spiro atoms. The van der Waals surface area contributed by atoms with Gasteiger partial charge in [-0.2, -0.15) is 0 Å². The zero-order valence-corrected chi connectivity index (χ0v) is 16.3. The van der Waals surface area contributed by atoms with Gasteiger partial charge in [-0.1, -0.05) is 24.6 Å². The Bertz CT molecular complexity index is 736. The lowest BCUT2D eigenvalue weighted by molar-refractivity contribution is -0.128. The second-order valence-corrected chi connectivity index (χ2v) is 7.28. The Morgan fingerprint density at radius 2 is 2.32 bits per heavy atom. The summed E-state index contributed by atoms with van der Waals surface area (Å²) >= 11 is 0. The number of ether oxygens (including phenoxy) is 1. The molecule has 1 saturated heterocycles. The number of nitrogens with zero attached hydrogens (tertiary/aromatic N) is 4. The third-order valence-corrected chi connectivity index (χ3v) is 5.00. The molecule has 3 rings (SSSR count). The third-order valence-electron chi connectivity index (χ3n) is 5.00. The van der Waals surface area contributed by atoms with Crippen molar-refractivity contribution in [2.75, 3.05) is 6.61 Å². The second-order valence-electron chi connectivity index (χ2n) is 7.28. The average molecular weight is 387 g/mol. The minimum absolute atomic E-state index is 0.0439. The van der Waals surface area contributed by atoms with E-state index in [0.717, 1.165) is 49.9 Å². The first-order valence-corrected chi connectivity index (χ1v) is 10.0. The van der Waals surface area contributed by atoms with Gasteiger partial charge in [0, 0.05) is 25.1 Å². The van der Waals surface area contributed by atoms with E-state index >= 15 is 0 Å². The summed E-state index contributed by atoms with van der Waals surface area (Å²) < 4.78 is 7.89. The summed E-state index contributed by atoms with van der Waals surface area (Å²) in [5.41, 5.74) is 1.88. The number of amides is 1. The van der Waals surface area contributed by atoms with E-state index in [2.05, 4.69) is 27.5 Å². The first-order valence-electron chi connectivity index (χ1n) is 10.0. The predicted molar refractivity (Wildman–Crippen MR) is 103 cm³/mol. The molecule has 0 unspecified atom stereocenters. The highest BCUT2D eigenvalue weighted by Gasteiger charge is 2.31. The summed E-state index contributed by atoms with van der Waals surface area (Å²) in [4.78, 5) is 16.3. The lowest BCUT2D eigenvalue weighted by atomic mass is 9.97. The summed E-state index contributed by atoms with van der Waals surface area (Å²) in [7, 11) is 0. The van der Waals surface area contributed by atoms with Gasteiger partial charge in [0.25, 0.3) is 0 Å². The second kappa shape index (κ2) is 10.3. The molecule has 0 bridgehead atoms. The maximum atomic E-state index is 12.3. The first-order chi connectivity index (χ1) is 13.7. The number of carbonyl (C=O) groups excluding carboxylic acids is 1. The van der Waals surface area contributed by atoms with Crippen molar-refractivity contribution in [2.24, 2.45) is 0 Å². The van der Waals surface area contributed by atoms with Gasteiger partial charge in [0.2, 0.25) is 5.91 Å². The van der Waals surface area contributed by atoms with E-state index in [1.807, 2.05) is 23.0 Å². The summed E-state index contributed by atoms with van der Waals surface area (Å²) in [6.45, 7) is 2.74. The van der Waals surface area contributed by atoms with Crippen LogP contribution in [-0.2, 0) is 28.9 Å². The molecule has 1 aliphatic rings. The number of pyridine rings is 1. The fraction of sp³-hybridized carbons (Fsp3) is 0.600. The van der Waals surface area contributed by atoms with Crippen molar-refractivity contribution in [2.45, 2.75) is 70.2 Å². The van der Waals surface area contributed by atoms with E-state index < -0.39 is 0 Å². The van der Waals surface area contributed by atoms with Gasteiger partial charge in [0.1, 0.15) is 6.10 Å². The van der Waals surface area contributed by atoms with Gasteiger partial charge >= 0.3 is 0 Å². The smallest absolute Gasteiger partial charge is 0.224 e. The van der Waals surface area contributed by atoms with Gasteiger partial charge in [-0.25, -0.2) is 0 Å². The fourth-order valence-electron chi connectivity index (χ4n) is 3.55. The number of aliphatic hydroxyl groups is 1. The van der Waals surface area contributed by atoms with E-state index in [-0.39, 0.29) is 37.2 Å². The SMILES string of the molecule is CCCc1cn(CC[C@H]2CC[C@H](NC(=O)Cc3cccnc3)[C@@H](CO)O2)nn1. The van der Waals surface area contributed by atoms with Crippen LogP contribution in [0.1, 0.15) is 43.9 Å². The Hall–Kier alpha value is -2.32. The molecule has 0 aromatic carbocycles. The molecule has 3 atom stereocenters. The standard InChI is InChI=1S/C20H29N5O3/c1-2-4-16-13-25(24-23-16)10-8-17-6-7-18(19(14-26)28-17)22-20(27)11-15-5-3-9-21-12-15/h3,5,9,12-13,17-19,26H,2,4,6-8,10-11,14H2,1H3,(H,22,27)/t17-,18+,19-/m1/s1. The molecule has 0 aliphatic carbocycles. The molecule has 8 heteroatoms. The fourth-order valence-corrected chi connectivity index (χ4v) is 3.55. The van der Waals surface area contributed by atoms with Crippen LogP contribution in [0, 0.1) is 0 Å². The van der Waals surface area contributed by atoms with Gasteiger partial charge < -0.3 is 15.2 Å². The van der Waals surface area contributed by atoms with E-state index in [4.69, 9.17) is 4.74 Å². The topological polar surface area (TPSA) is 102 Å². The number of aromatic nitrogens is 4. The van der Waals surface area contributed by atoms with Gasteiger partial charge in [0.05, 0.1) is 30.9 Å². The minimum atomic E-state index is -0.386. The number of rotatable bonds is 9. The van der Waals surface area contributed by atoms with Crippen molar-refractivity contribution in [3.63, 3.8) is 0 Å². The number of aryl methyl sites for hydroxylation is 2. The van der Waals surface area contributed by atoms with E-state index in [1.54, 1.807) is 12.4 Å². The molecular weight excluding hydrogens is 358 g/mol. The van der Waals surface area contributed by atoms with Crippen molar-refractivity contribution in [3.05, 3.63) is 42.0 Å². The lowest BCUT2D eigenvalue weighted by Crippen LogP contribution is -2.51. The quantitative estimate of drug-likeness (QED) is 0.672. The Morgan fingerprint density at radius 3 is 3.07 bits per heavy atom. The number of nitrogens with one attached hydrogen (secondary N) is 1. The van der Waals surface area contributed by atoms with E-state index in [0.29, 0.717) is 0 Å². The zero-order valence-electron chi connectivity index (χ0n) is 16.3. The van der Waals surface area contributed by atoms with Gasteiger partial charge in [-0.3, -0.25) is 14.5 Å². The van der Waals surface area contributed by atoms with Gasteiger partial charge in [-0.15, -0.1) is 5.10 Å². The van der Waals surface area contributed by atoms with Crippen LogP contribution >= 0.6 is 0 Å². The van der Waals surface area contributed by atoms with Crippen LogP contribution in [-0.4, -0.2) is 55.8 Å². The van der Waals surface area contributed by atoms with Crippen molar-refractivity contribution in [1.82, 2.24) is 25.3 Å². The molecule has 152 valence electrons. The Balaban J connectivity index is 1.45.